The van der Waals surface area contributed by atoms with E-state index in [1.807, 2.05) is 18.2 Å². The molecule has 4 aromatic heterocycles. The topological polar surface area (TPSA) is 43.4 Å². The molecule has 0 spiro atoms. The number of anilines is 3. The van der Waals surface area contributed by atoms with Gasteiger partial charge in [0.05, 0.1) is 33.4 Å². The molecule has 450 valence electrons. The van der Waals surface area contributed by atoms with Gasteiger partial charge in [-0.05, 0) is 154 Å². The molecule has 0 saturated carbocycles. The van der Waals surface area contributed by atoms with Crippen LogP contribution in [0, 0.1) is 25.7 Å². The molecule has 18 rings (SSSR count). The number of benzene rings is 13. The molecule has 0 N–H and O–H groups in total. The van der Waals surface area contributed by atoms with Gasteiger partial charge in [0.2, 0.25) is 0 Å². The Bertz CT molecular complexity index is 5380. The van der Waals surface area contributed by atoms with Crippen LogP contribution in [0.4, 0.5) is 17.1 Å². The fourth-order valence-corrected chi connectivity index (χ4v) is 14.3. The van der Waals surface area contributed by atoms with Crippen molar-refractivity contribution in [3.63, 3.8) is 0 Å². The Morgan fingerprint density at radius 1 is 0.351 bits per heavy atom. The van der Waals surface area contributed by atoms with E-state index in [1.165, 1.54) is 43.8 Å². The molecule has 0 unspecified atom stereocenters. The summed E-state index contributed by atoms with van der Waals surface area (Å²) < 4.78 is 13.9. The first kappa shape index (κ1) is 56.5. The first-order chi connectivity index (χ1) is 45.9. The molecule has 8 heteroatoms. The molecular weight excluding hydrogens is 1330 g/mol. The average Bonchev–Trinajstić information content (AvgIpc) is 1.56. The zero-order valence-electron chi connectivity index (χ0n) is 51.4. The quantitative estimate of drug-likeness (QED) is 0.121. The van der Waals surface area contributed by atoms with Gasteiger partial charge in [0, 0.05) is 88.3 Å². The zero-order chi connectivity index (χ0) is 61.7. The second-order valence-electron chi connectivity index (χ2n) is 24.1. The van der Waals surface area contributed by atoms with E-state index in [2.05, 4.69) is 342 Å². The molecule has 0 radical (unpaired) electrons. The number of hydrogen-bond acceptors (Lipinski definition) is 4. The smallest absolute Gasteiger partial charge is 0.135 e. The van der Waals surface area contributed by atoms with Crippen molar-refractivity contribution in [1.29, 1.82) is 0 Å². The minimum atomic E-state index is 0. The van der Waals surface area contributed by atoms with E-state index in [1.54, 1.807) is 0 Å². The Hall–Kier alpha value is -11.5. The number of para-hydroxylation sites is 3. The molecule has 94 heavy (non-hydrogen) atoms. The summed E-state index contributed by atoms with van der Waals surface area (Å²) in [7, 11) is 2.06. The molecule has 0 atom stereocenters. The Morgan fingerprint density at radius 3 is 1.30 bits per heavy atom. The second kappa shape index (κ2) is 23.0. The van der Waals surface area contributed by atoms with Crippen LogP contribution in [0.5, 0.6) is 11.5 Å². The van der Waals surface area contributed by atoms with Crippen LogP contribution in [0.2, 0.25) is 0 Å². The first-order valence-corrected chi connectivity index (χ1v) is 31.6. The first-order valence-electron chi connectivity index (χ1n) is 31.6. The van der Waals surface area contributed by atoms with Gasteiger partial charge >= 0.3 is 0 Å². The predicted molar refractivity (Wildman–Crippen MR) is 385 cm³/mol. The van der Waals surface area contributed by atoms with E-state index in [-0.39, 0.29) is 21.1 Å². The zero-order valence-corrected chi connectivity index (χ0v) is 53.6. The van der Waals surface area contributed by atoms with E-state index >= 15 is 0 Å². The summed E-state index contributed by atoms with van der Waals surface area (Å²) in [6.45, 7) is 4.32. The summed E-state index contributed by atoms with van der Waals surface area (Å²) in [5.41, 5.74) is 23.9. The van der Waals surface area contributed by atoms with E-state index in [9.17, 15) is 0 Å². The third-order valence-corrected chi connectivity index (χ3v) is 18.7. The molecule has 17 aromatic rings. The number of aryl methyl sites for hydroxylation is 1. The van der Waals surface area contributed by atoms with Gasteiger partial charge in [-0.25, -0.2) is 4.98 Å². The molecule has 0 bridgehead atoms. The van der Waals surface area contributed by atoms with E-state index in [0.717, 1.165) is 117 Å². The van der Waals surface area contributed by atoms with Gasteiger partial charge in [0.25, 0.3) is 0 Å². The van der Waals surface area contributed by atoms with Gasteiger partial charge in [-0.3, -0.25) is 0 Å². The number of nitrogens with zero attached hydrogens (tertiary/aromatic N) is 6. The van der Waals surface area contributed by atoms with Crippen LogP contribution in [0.15, 0.2) is 303 Å². The van der Waals surface area contributed by atoms with Crippen LogP contribution in [0.25, 0.3) is 138 Å². The summed E-state index contributed by atoms with van der Waals surface area (Å²) in [4.78, 5) is 9.86. The summed E-state index contributed by atoms with van der Waals surface area (Å²) in [5.74, 6) is 1.94. The Balaban J connectivity index is 0.00000672. The van der Waals surface area contributed by atoms with Crippen molar-refractivity contribution in [2.75, 3.05) is 16.8 Å². The molecule has 1 aliphatic heterocycles. The summed E-state index contributed by atoms with van der Waals surface area (Å²) in [6, 6.07) is 114. The second-order valence-corrected chi connectivity index (χ2v) is 24.1. The third kappa shape index (κ3) is 9.41. The molecule has 7 nitrogen and oxygen atoms in total. The minimum absolute atomic E-state index is 0. The van der Waals surface area contributed by atoms with Crippen molar-refractivity contribution in [2.24, 2.45) is 0 Å². The number of ether oxygens (including phenoxy) is 1. The molecular formula is C86H57N6OPt-3. The van der Waals surface area contributed by atoms with Crippen LogP contribution >= 0.6 is 0 Å². The molecule has 13 aromatic carbocycles. The number of pyridine rings is 1. The Kier molecular flexibility index (Phi) is 13.8. The van der Waals surface area contributed by atoms with Crippen LogP contribution in [0.3, 0.4) is 0 Å². The summed E-state index contributed by atoms with van der Waals surface area (Å²) >= 11 is 0. The molecule has 0 fully saturated rings. The maximum atomic E-state index is 6.72. The molecule has 0 aliphatic carbocycles. The average molecular weight is 1390 g/mol. The summed E-state index contributed by atoms with van der Waals surface area (Å²) in [6.07, 6.45) is 2.10. The van der Waals surface area contributed by atoms with Gasteiger partial charge in [0.1, 0.15) is 5.82 Å². The number of fused-ring (bicyclic) bond motifs is 10. The molecule has 0 amide bonds. The molecule has 1 aliphatic rings. The predicted octanol–water partition coefficient (Wildman–Crippen LogP) is 22.1. The van der Waals surface area contributed by atoms with Gasteiger partial charge in [-0.15, -0.1) is 41.4 Å². The monoisotopic (exact) mass is 1380 g/mol. The number of aromatic nitrogens is 4. The van der Waals surface area contributed by atoms with Crippen LogP contribution in [0.1, 0.15) is 5.56 Å². The van der Waals surface area contributed by atoms with Crippen molar-refractivity contribution in [3.8, 4) is 84.3 Å². The molecule has 5 heterocycles. The largest absolute Gasteiger partial charge is 0.509 e. The van der Waals surface area contributed by atoms with Crippen molar-refractivity contribution in [3.05, 3.63) is 328 Å². The van der Waals surface area contributed by atoms with Gasteiger partial charge in [-0.1, -0.05) is 188 Å². The maximum Gasteiger partial charge on any atom is 0.135 e. The summed E-state index contributed by atoms with van der Waals surface area (Å²) in [5, 5.41) is 6.83. The van der Waals surface area contributed by atoms with Crippen molar-refractivity contribution < 1.29 is 25.8 Å². The van der Waals surface area contributed by atoms with Crippen molar-refractivity contribution >= 4 is 82.5 Å². The fraction of sp³-hybridized carbons (Fsp3) is 0.0233. The standard InChI is InChI=1S/C86H57N6O.Pt/c1-56-47-85(92-75-32-16-15-31-68(75)69-42-41-67(53-84(69)92)93-66-30-19-29-65(52-66)89-55-88(2)80-33-17-18-34-81(80)89)87-54-74(56)86-82(90-76-43-37-61(57-21-7-3-8-22-57)48-70(76)71-49-62(38-44-77(71)90)58-23-9-4-10-24-58)35-20-36-83(86)91-78-45-39-63(59-25-11-5-12-26-59)50-72(78)73-51-64(40-46-79(73)91)60-27-13-6-14-28-60;/h3-51,54-55H,1-2H3;/q-3;. The Morgan fingerprint density at radius 2 is 0.787 bits per heavy atom. The van der Waals surface area contributed by atoms with Crippen LogP contribution in [-0.4, -0.2) is 25.7 Å². The van der Waals surface area contributed by atoms with E-state index < -0.39 is 0 Å². The number of rotatable bonds is 11. The van der Waals surface area contributed by atoms with Gasteiger partial charge < -0.3 is 28.2 Å². The SMILES string of the molecule is Cc1cc(-n2c3[c-]c(Oc4[c-]c(N5[CH-]N(C)c6ccccc65)ccc4)ccc3c3ccccc32)ncc1-c1c(-n2c3ccc(-c4ccccc4)cc3c3cc(-c4ccccc4)ccc32)cccc1-n1c2ccc(-c3ccccc3)cc2c2cc(-c3ccccc3)ccc21.[Pt]. The fourth-order valence-electron chi connectivity index (χ4n) is 14.3. The Labute approximate surface area is 559 Å². The van der Waals surface area contributed by atoms with Gasteiger partial charge in [0.15, 0.2) is 0 Å². The van der Waals surface area contributed by atoms with Crippen molar-refractivity contribution in [2.45, 2.75) is 6.92 Å². The van der Waals surface area contributed by atoms with Crippen molar-refractivity contribution in [1.82, 2.24) is 18.7 Å². The van der Waals surface area contributed by atoms with Crippen LogP contribution < -0.4 is 14.5 Å². The number of hydrogen-bond donors (Lipinski definition) is 0. The molecule has 0 saturated heterocycles. The normalized spacial score (nSPS) is 12.2. The van der Waals surface area contributed by atoms with Gasteiger partial charge in [-0.2, -0.15) is 18.8 Å². The third-order valence-electron chi connectivity index (χ3n) is 18.7. The van der Waals surface area contributed by atoms with E-state index in [4.69, 9.17) is 9.72 Å². The van der Waals surface area contributed by atoms with E-state index in [0.29, 0.717) is 11.5 Å². The minimum Gasteiger partial charge on any atom is -0.509 e. The van der Waals surface area contributed by atoms with Crippen LogP contribution in [-0.2, 0) is 21.1 Å². The maximum absolute atomic E-state index is 6.72.